The number of ether oxygens (including phenoxy) is 3. The fraction of sp³-hybridized carbons (Fsp3) is 0.179. The van der Waals surface area contributed by atoms with Gasteiger partial charge < -0.3 is 19.5 Å². The maximum absolute atomic E-state index is 13.1. The number of benzene rings is 3. The average Bonchev–Trinajstić information content (AvgIpc) is 3.17. The molecule has 1 aliphatic heterocycles. The van der Waals surface area contributed by atoms with Gasteiger partial charge in [-0.25, -0.2) is 0 Å². The zero-order valence-corrected chi connectivity index (χ0v) is 22.5. The molecule has 1 aliphatic rings. The van der Waals surface area contributed by atoms with Crippen LogP contribution in [0.4, 0.5) is 11.4 Å². The summed E-state index contributed by atoms with van der Waals surface area (Å²) in [4.78, 5) is 27.4. The fourth-order valence-corrected chi connectivity index (χ4v) is 4.92. The Labute approximate surface area is 225 Å². The topological polar surface area (TPSA) is 77.1 Å². The van der Waals surface area contributed by atoms with Crippen LogP contribution < -0.4 is 24.4 Å². The van der Waals surface area contributed by atoms with Crippen LogP contribution in [0, 0.1) is 13.8 Å². The molecule has 0 atom stereocenters. The summed E-state index contributed by atoms with van der Waals surface area (Å²) >= 11 is 6.68. The molecule has 1 saturated heterocycles. The van der Waals surface area contributed by atoms with Gasteiger partial charge in [-0.1, -0.05) is 36.1 Å². The molecule has 37 heavy (non-hydrogen) atoms. The number of aryl methyl sites for hydroxylation is 2. The molecule has 3 aromatic carbocycles. The van der Waals surface area contributed by atoms with Crippen molar-refractivity contribution in [2.75, 3.05) is 31.0 Å². The number of thiocarbonyl (C=S) groups is 1. The van der Waals surface area contributed by atoms with Crippen molar-refractivity contribution in [3.05, 3.63) is 82.3 Å². The van der Waals surface area contributed by atoms with Crippen molar-refractivity contribution in [2.45, 2.75) is 13.8 Å². The molecule has 1 fully saturated rings. The lowest BCUT2D eigenvalue weighted by Gasteiger charge is -2.14. The van der Waals surface area contributed by atoms with Crippen LogP contribution >= 0.6 is 24.0 Å². The van der Waals surface area contributed by atoms with Crippen molar-refractivity contribution >= 4 is 57.6 Å². The maximum atomic E-state index is 13.1. The minimum Gasteiger partial charge on any atom is -0.497 e. The van der Waals surface area contributed by atoms with Gasteiger partial charge in [0.1, 0.15) is 5.75 Å². The summed E-state index contributed by atoms with van der Waals surface area (Å²) in [6.45, 7) is 3.83. The van der Waals surface area contributed by atoms with Crippen LogP contribution in [0.25, 0.3) is 6.08 Å². The lowest BCUT2D eigenvalue weighted by molar-refractivity contribution is -0.118. The third-order valence-corrected chi connectivity index (χ3v) is 7.06. The van der Waals surface area contributed by atoms with Gasteiger partial charge in [0.2, 0.25) is 0 Å². The van der Waals surface area contributed by atoms with E-state index < -0.39 is 0 Å². The van der Waals surface area contributed by atoms with E-state index in [0.29, 0.717) is 37.8 Å². The first-order valence-electron chi connectivity index (χ1n) is 11.4. The monoisotopic (exact) mass is 534 g/mol. The second kappa shape index (κ2) is 11.5. The zero-order chi connectivity index (χ0) is 26.5. The Bertz CT molecular complexity index is 1390. The van der Waals surface area contributed by atoms with E-state index in [1.807, 2.05) is 32.0 Å². The molecule has 4 rings (SSSR count). The van der Waals surface area contributed by atoms with Gasteiger partial charge in [-0.05, 0) is 85.1 Å². The normalized spacial score (nSPS) is 14.2. The number of rotatable bonds is 8. The van der Waals surface area contributed by atoms with Gasteiger partial charge >= 0.3 is 0 Å². The second-order valence-corrected chi connectivity index (χ2v) is 9.94. The van der Waals surface area contributed by atoms with Gasteiger partial charge in [-0.2, -0.15) is 0 Å². The summed E-state index contributed by atoms with van der Waals surface area (Å²) in [6, 6.07) is 18.1. The third kappa shape index (κ3) is 6.12. The molecule has 0 saturated carbocycles. The highest BCUT2D eigenvalue weighted by Gasteiger charge is 2.33. The van der Waals surface area contributed by atoms with Gasteiger partial charge in [0, 0.05) is 5.69 Å². The van der Waals surface area contributed by atoms with E-state index in [0.717, 1.165) is 16.7 Å². The number of carbonyl (C=O) groups excluding carboxylic acids is 2. The van der Waals surface area contributed by atoms with Gasteiger partial charge in [0.15, 0.2) is 22.4 Å². The summed E-state index contributed by atoms with van der Waals surface area (Å²) in [5, 5.41) is 2.83. The molecule has 3 aromatic rings. The first kappa shape index (κ1) is 26.2. The number of hydrogen-bond acceptors (Lipinski definition) is 7. The molecule has 0 aromatic heterocycles. The molecular weight excluding hydrogens is 508 g/mol. The molecule has 2 amide bonds. The summed E-state index contributed by atoms with van der Waals surface area (Å²) in [5.41, 5.74) is 4.37. The van der Waals surface area contributed by atoms with Crippen molar-refractivity contribution in [2.24, 2.45) is 0 Å². The van der Waals surface area contributed by atoms with Gasteiger partial charge in [0.25, 0.3) is 11.8 Å². The Kier molecular flexibility index (Phi) is 8.15. The van der Waals surface area contributed by atoms with Crippen molar-refractivity contribution in [1.29, 1.82) is 0 Å². The Balaban J connectivity index is 1.44. The standard InChI is InChI=1S/C28H26N2O5S2/c1-17-5-7-20(13-18(17)2)29-26(31)16-35-23-12-6-19(14-24(23)34-4)15-25-27(32)30(28(36)37-25)21-8-10-22(33-3)11-9-21/h5-15H,16H2,1-4H3,(H,29,31)/b25-15-. The van der Waals surface area contributed by atoms with Gasteiger partial charge in [0.05, 0.1) is 24.8 Å². The predicted molar refractivity (Wildman–Crippen MR) is 152 cm³/mol. The molecule has 7 nitrogen and oxygen atoms in total. The maximum Gasteiger partial charge on any atom is 0.270 e. The van der Waals surface area contributed by atoms with Crippen LogP contribution in [-0.4, -0.2) is 37.0 Å². The van der Waals surface area contributed by atoms with E-state index >= 15 is 0 Å². The van der Waals surface area contributed by atoms with E-state index in [4.69, 9.17) is 26.4 Å². The molecule has 0 bridgehead atoms. The Morgan fingerprint density at radius 1 is 0.973 bits per heavy atom. The smallest absolute Gasteiger partial charge is 0.270 e. The number of carbonyl (C=O) groups is 2. The van der Waals surface area contributed by atoms with Gasteiger partial charge in [-0.15, -0.1) is 0 Å². The van der Waals surface area contributed by atoms with Gasteiger partial charge in [-0.3, -0.25) is 14.5 Å². The number of methoxy groups -OCH3 is 2. The van der Waals surface area contributed by atoms with Crippen molar-refractivity contribution in [1.82, 2.24) is 0 Å². The van der Waals surface area contributed by atoms with Crippen LogP contribution in [0.1, 0.15) is 16.7 Å². The van der Waals surface area contributed by atoms with Crippen LogP contribution in [0.3, 0.4) is 0 Å². The van der Waals surface area contributed by atoms with Crippen LogP contribution in [0.2, 0.25) is 0 Å². The molecular formula is C28H26N2O5S2. The quantitative estimate of drug-likeness (QED) is 0.292. The highest BCUT2D eigenvalue weighted by Crippen LogP contribution is 2.37. The molecule has 0 unspecified atom stereocenters. The molecule has 0 radical (unpaired) electrons. The number of thioether (sulfide) groups is 1. The van der Waals surface area contributed by atoms with Crippen LogP contribution in [-0.2, 0) is 9.59 Å². The SMILES string of the molecule is COc1ccc(N2C(=O)/C(=C/c3ccc(OCC(=O)Nc4ccc(C)c(C)c4)c(OC)c3)SC2=S)cc1. The second-order valence-electron chi connectivity index (χ2n) is 8.26. The first-order chi connectivity index (χ1) is 17.8. The number of amides is 2. The molecule has 1 heterocycles. The van der Waals surface area contributed by atoms with E-state index in [2.05, 4.69) is 5.32 Å². The van der Waals surface area contributed by atoms with Crippen molar-refractivity contribution < 1.29 is 23.8 Å². The van der Waals surface area contributed by atoms with Crippen LogP contribution in [0.15, 0.2) is 65.6 Å². The number of anilines is 2. The molecule has 0 spiro atoms. The minimum atomic E-state index is -0.281. The number of nitrogens with one attached hydrogen (secondary N) is 1. The third-order valence-electron chi connectivity index (χ3n) is 5.76. The fourth-order valence-electron chi connectivity index (χ4n) is 3.63. The van der Waals surface area contributed by atoms with Crippen molar-refractivity contribution in [3.8, 4) is 17.2 Å². The summed E-state index contributed by atoms with van der Waals surface area (Å²) in [5.74, 6) is 1.07. The highest BCUT2D eigenvalue weighted by atomic mass is 32.2. The lowest BCUT2D eigenvalue weighted by Crippen LogP contribution is -2.27. The Morgan fingerprint density at radius 2 is 1.73 bits per heavy atom. The predicted octanol–water partition coefficient (Wildman–Crippen LogP) is 5.74. The zero-order valence-electron chi connectivity index (χ0n) is 20.9. The Morgan fingerprint density at radius 3 is 2.41 bits per heavy atom. The first-order valence-corrected chi connectivity index (χ1v) is 12.6. The average molecular weight is 535 g/mol. The molecule has 0 aliphatic carbocycles. The number of nitrogens with zero attached hydrogens (tertiary/aromatic N) is 1. The minimum absolute atomic E-state index is 0.177. The summed E-state index contributed by atoms with van der Waals surface area (Å²) < 4.78 is 16.8. The molecule has 9 heteroatoms. The van der Waals surface area contributed by atoms with E-state index in [9.17, 15) is 9.59 Å². The number of hydrogen-bond donors (Lipinski definition) is 1. The van der Waals surface area contributed by atoms with Crippen LogP contribution in [0.5, 0.6) is 17.2 Å². The van der Waals surface area contributed by atoms with E-state index in [-0.39, 0.29) is 18.4 Å². The molecule has 1 N–H and O–H groups in total. The largest absolute Gasteiger partial charge is 0.497 e. The van der Waals surface area contributed by atoms with E-state index in [1.165, 1.54) is 23.8 Å². The molecule has 190 valence electrons. The highest BCUT2D eigenvalue weighted by molar-refractivity contribution is 8.27. The summed E-state index contributed by atoms with van der Waals surface area (Å²) in [6.07, 6.45) is 1.75. The van der Waals surface area contributed by atoms with E-state index in [1.54, 1.807) is 55.7 Å². The Hall–Kier alpha value is -3.82. The summed E-state index contributed by atoms with van der Waals surface area (Å²) in [7, 11) is 3.10. The van der Waals surface area contributed by atoms with Crippen molar-refractivity contribution in [3.63, 3.8) is 0 Å². The lowest BCUT2D eigenvalue weighted by atomic mass is 10.1.